The molecule has 0 fully saturated rings. The molecule has 0 heterocycles. The van der Waals surface area contributed by atoms with Gasteiger partial charge in [0.2, 0.25) is 0 Å². The van der Waals surface area contributed by atoms with Gasteiger partial charge in [-0.2, -0.15) is 0 Å². The van der Waals surface area contributed by atoms with Gasteiger partial charge in [0.25, 0.3) is 0 Å². The van der Waals surface area contributed by atoms with Gasteiger partial charge in [-0.15, -0.1) is 12.4 Å². The maximum Gasteiger partial charge on any atom is 0.175 e. The Bertz CT molecular complexity index is 474. The van der Waals surface area contributed by atoms with Crippen LogP contribution >= 0.6 is 24.0 Å². The Hall–Kier alpha value is -0.290. The van der Waals surface area contributed by atoms with Gasteiger partial charge >= 0.3 is 0 Å². The second kappa shape index (κ2) is 6.59. The van der Waals surface area contributed by atoms with E-state index in [0.717, 1.165) is 18.2 Å². The maximum atomic E-state index is 11.3. The Morgan fingerprint density at radius 3 is 2.41 bits per heavy atom. The normalized spacial score (nSPS) is 12.9. The number of hydrogen-bond acceptors (Lipinski definition) is 3. The predicted molar refractivity (Wildman–Crippen MR) is 73.8 cm³/mol. The van der Waals surface area contributed by atoms with Gasteiger partial charge < -0.3 is 5.73 Å². The summed E-state index contributed by atoms with van der Waals surface area (Å²) in [5.74, 6) is 0. The van der Waals surface area contributed by atoms with Gasteiger partial charge in [0.15, 0.2) is 9.84 Å². The first-order valence-corrected chi connectivity index (χ1v) is 7.35. The summed E-state index contributed by atoms with van der Waals surface area (Å²) in [5, 5.41) is 0.465. The highest BCUT2D eigenvalue weighted by atomic mass is 35.5. The molecule has 0 saturated carbocycles. The molecule has 0 bridgehead atoms. The first-order chi connectivity index (χ1) is 7.34. The predicted octanol–water partition coefficient (Wildman–Crippen LogP) is 2.45. The van der Waals surface area contributed by atoms with Crippen LogP contribution in [0.1, 0.15) is 18.9 Å². The topological polar surface area (TPSA) is 60.2 Å². The van der Waals surface area contributed by atoms with Crippen molar-refractivity contribution in [3.05, 3.63) is 28.8 Å². The highest BCUT2D eigenvalue weighted by molar-refractivity contribution is 7.90. The van der Waals surface area contributed by atoms with Gasteiger partial charge in [-0.1, -0.05) is 24.6 Å². The van der Waals surface area contributed by atoms with Gasteiger partial charge in [-0.25, -0.2) is 8.42 Å². The molecular formula is C11H17Cl2NO2S. The van der Waals surface area contributed by atoms with E-state index in [9.17, 15) is 8.42 Å². The van der Waals surface area contributed by atoms with Crippen LogP contribution in [0.25, 0.3) is 0 Å². The van der Waals surface area contributed by atoms with Crippen molar-refractivity contribution in [2.24, 2.45) is 5.73 Å². The molecule has 17 heavy (non-hydrogen) atoms. The largest absolute Gasteiger partial charge is 0.327 e. The molecule has 0 radical (unpaired) electrons. The SMILES string of the molecule is CCC(N)Cc1ccc(S(C)(=O)=O)cc1Cl.Cl. The number of benzene rings is 1. The van der Waals surface area contributed by atoms with Crippen LogP contribution in [0.15, 0.2) is 23.1 Å². The van der Waals surface area contributed by atoms with E-state index in [0.29, 0.717) is 11.4 Å². The number of hydrogen-bond donors (Lipinski definition) is 1. The Morgan fingerprint density at radius 1 is 1.41 bits per heavy atom. The van der Waals surface area contributed by atoms with Crippen LogP contribution in [0.3, 0.4) is 0 Å². The summed E-state index contributed by atoms with van der Waals surface area (Å²) >= 11 is 6.02. The van der Waals surface area contributed by atoms with Gasteiger partial charge in [0, 0.05) is 17.3 Å². The lowest BCUT2D eigenvalue weighted by atomic mass is 10.1. The number of halogens is 2. The van der Waals surface area contributed by atoms with Crippen LogP contribution in [0.4, 0.5) is 0 Å². The van der Waals surface area contributed by atoms with E-state index in [-0.39, 0.29) is 23.3 Å². The summed E-state index contributed by atoms with van der Waals surface area (Å²) in [4.78, 5) is 0.242. The van der Waals surface area contributed by atoms with E-state index in [4.69, 9.17) is 17.3 Å². The molecule has 98 valence electrons. The third kappa shape index (κ3) is 4.84. The minimum absolute atomic E-state index is 0. The fourth-order valence-corrected chi connectivity index (χ4v) is 2.32. The summed E-state index contributed by atoms with van der Waals surface area (Å²) in [7, 11) is -3.19. The molecule has 2 N–H and O–H groups in total. The van der Waals surface area contributed by atoms with Gasteiger partial charge in [-0.3, -0.25) is 0 Å². The zero-order chi connectivity index (χ0) is 12.3. The summed E-state index contributed by atoms with van der Waals surface area (Å²) in [6.45, 7) is 2.00. The molecule has 1 aromatic carbocycles. The minimum Gasteiger partial charge on any atom is -0.327 e. The van der Waals surface area contributed by atoms with Crippen molar-refractivity contribution in [2.45, 2.75) is 30.7 Å². The van der Waals surface area contributed by atoms with Crippen molar-refractivity contribution in [2.75, 3.05) is 6.26 Å². The van der Waals surface area contributed by atoms with Crippen molar-refractivity contribution in [3.8, 4) is 0 Å². The first kappa shape index (κ1) is 16.7. The first-order valence-electron chi connectivity index (χ1n) is 5.08. The molecular weight excluding hydrogens is 281 g/mol. The number of nitrogens with two attached hydrogens (primary N) is 1. The molecule has 0 aromatic heterocycles. The van der Waals surface area contributed by atoms with Gasteiger partial charge in [0.1, 0.15) is 0 Å². The van der Waals surface area contributed by atoms with Gasteiger partial charge in [-0.05, 0) is 30.5 Å². The summed E-state index contributed by atoms with van der Waals surface area (Å²) in [5.41, 5.74) is 6.71. The molecule has 0 aliphatic heterocycles. The van der Waals surface area contributed by atoms with E-state index in [2.05, 4.69) is 0 Å². The van der Waals surface area contributed by atoms with Crippen molar-refractivity contribution >= 4 is 33.8 Å². The van der Waals surface area contributed by atoms with Crippen LogP contribution < -0.4 is 5.73 Å². The van der Waals surface area contributed by atoms with Crippen molar-refractivity contribution in [1.29, 1.82) is 0 Å². The lowest BCUT2D eigenvalue weighted by molar-refractivity contribution is 0.601. The van der Waals surface area contributed by atoms with Crippen molar-refractivity contribution < 1.29 is 8.42 Å². The van der Waals surface area contributed by atoms with Crippen molar-refractivity contribution in [1.82, 2.24) is 0 Å². The van der Waals surface area contributed by atoms with Crippen LogP contribution in [0.5, 0.6) is 0 Å². The lowest BCUT2D eigenvalue weighted by Gasteiger charge is -2.10. The average Bonchev–Trinajstić information content (AvgIpc) is 2.19. The standard InChI is InChI=1S/C11H16ClNO2S.ClH/c1-3-9(13)6-8-4-5-10(7-11(8)12)16(2,14)15;/h4-5,7,9H,3,6,13H2,1-2H3;1H. The maximum absolute atomic E-state index is 11.3. The van der Waals surface area contributed by atoms with E-state index in [1.807, 2.05) is 6.92 Å². The highest BCUT2D eigenvalue weighted by Crippen LogP contribution is 2.22. The van der Waals surface area contributed by atoms with E-state index >= 15 is 0 Å². The molecule has 0 saturated heterocycles. The highest BCUT2D eigenvalue weighted by Gasteiger charge is 2.11. The average molecular weight is 298 g/mol. The molecule has 1 aromatic rings. The number of sulfone groups is 1. The Morgan fingerprint density at radius 2 is 2.00 bits per heavy atom. The fourth-order valence-electron chi connectivity index (χ4n) is 1.35. The second-order valence-electron chi connectivity index (χ2n) is 3.90. The molecule has 0 amide bonds. The summed E-state index contributed by atoms with van der Waals surface area (Å²) in [6.07, 6.45) is 2.69. The molecule has 0 aliphatic carbocycles. The number of rotatable bonds is 4. The fraction of sp³-hybridized carbons (Fsp3) is 0.455. The zero-order valence-electron chi connectivity index (χ0n) is 9.81. The second-order valence-corrected chi connectivity index (χ2v) is 6.32. The molecule has 6 heteroatoms. The molecule has 1 rings (SSSR count). The summed E-state index contributed by atoms with van der Waals surface area (Å²) in [6, 6.07) is 4.84. The van der Waals surface area contributed by atoms with E-state index in [1.165, 1.54) is 6.07 Å². The van der Waals surface area contributed by atoms with Crippen LogP contribution in [0.2, 0.25) is 5.02 Å². The third-order valence-corrected chi connectivity index (χ3v) is 3.92. The molecule has 3 nitrogen and oxygen atoms in total. The Kier molecular flexibility index (Phi) is 6.48. The quantitative estimate of drug-likeness (QED) is 0.928. The molecule has 1 unspecified atom stereocenters. The molecule has 0 spiro atoms. The Balaban J connectivity index is 0.00000256. The van der Waals surface area contributed by atoms with Crippen LogP contribution in [-0.4, -0.2) is 20.7 Å². The van der Waals surface area contributed by atoms with Crippen LogP contribution in [-0.2, 0) is 16.3 Å². The van der Waals surface area contributed by atoms with Crippen molar-refractivity contribution in [3.63, 3.8) is 0 Å². The minimum atomic E-state index is -3.19. The smallest absolute Gasteiger partial charge is 0.175 e. The molecule has 0 aliphatic rings. The van der Waals surface area contributed by atoms with E-state index < -0.39 is 9.84 Å². The summed E-state index contributed by atoms with van der Waals surface area (Å²) < 4.78 is 22.6. The van der Waals surface area contributed by atoms with Gasteiger partial charge in [0.05, 0.1) is 4.90 Å². The lowest BCUT2D eigenvalue weighted by Crippen LogP contribution is -2.21. The van der Waals surface area contributed by atoms with E-state index in [1.54, 1.807) is 12.1 Å². The molecule has 1 atom stereocenters. The third-order valence-electron chi connectivity index (χ3n) is 2.46. The monoisotopic (exact) mass is 297 g/mol. The zero-order valence-corrected chi connectivity index (χ0v) is 12.2. The van der Waals surface area contributed by atoms with Crippen LogP contribution in [0, 0.1) is 0 Å². The Labute approximate surface area is 114 Å².